The molecule has 0 unspecified atom stereocenters. The first kappa shape index (κ1) is 21.8. The summed E-state index contributed by atoms with van der Waals surface area (Å²) in [5, 5.41) is 34.9. The van der Waals surface area contributed by atoms with Crippen LogP contribution in [0.25, 0.3) is 10.9 Å². The lowest BCUT2D eigenvalue weighted by molar-refractivity contribution is -0.143. The maximum atomic E-state index is 12.0. The second-order valence-electron chi connectivity index (χ2n) is 7.59. The predicted octanol–water partition coefficient (Wildman–Crippen LogP) is 2.88. The second kappa shape index (κ2) is 8.28. The van der Waals surface area contributed by atoms with Crippen molar-refractivity contribution in [3.05, 3.63) is 63.8 Å². The van der Waals surface area contributed by atoms with Crippen molar-refractivity contribution in [2.75, 3.05) is 19.0 Å². The third kappa shape index (κ3) is 3.94. The van der Waals surface area contributed by atoms with Crippen LogP contribution in [-0.4, -0.2) is 39.7 Å². The summed E-state index contributed by atoms with van der Waals surface area (Å²) < 4.78 is 5.13. The highest BCUT2D eigenvalue weighted by Crippen LogP contribution is 2.37. The maximum absolute atomic E-state index is 12.0. The number of anilines is 1. The van der Waals surface area contributed by atoms with Crippen LogP contribution in [0, 0.1) is 11.3 Å². The molecule has 0 fully saturated rings. The van der Waals surface area contributed by atoms with E-state index in [2.05, 4.69) is 11.4 Å². The summed E-state index contributed by atoms with van der Waals surface area (Å²) in [6.45, 7) is 2.27. The van der Waals surface area contributed by atoms with Crippen LogP contribution in [0.3, 0.4) is 0 Å². The van der Waals surface area contributed by atoms with E-state index in [-0.39, 0.29) is 23.0 Å². The van der Waals surface area contributed by atoms with E-state index in [1.165, 1.54) is 32.2 Å². The molecule has 0 atom stereocenters. The molecule has 4 rings (SSSR count). The summed E-state index contributed by atoms with van der Waals surface area (Å²) in [5.41, 5.74) is 2.91. The fraction of sp³-hybridized carbons (Fsp3) is 0.261. The minimum atomic E-state index is -2.50. The van der Waals surface area contributed by atoms with Crippen LogP contribution in [0.15, 0.2) is 36.4 Å². The number of carbonyl (C=O) groups is 1. The molecule has 0 saturated carbocycles. The van der Waals surface area contributed by atoms with Crippen LogP contribution in [0.5, 0.6) is 5.75 Å². The van der Waals surface area contributed by atoms with Gasteiger partial charge < -0.3 is 25.2 Å². The Morgan fingerprint density at radius 3 is 2.75 bits per heavy atom. The van der Waals surface area contributed by atoms with Gasteiger partial charge in [0.05, 0.1) is 35.0 Å². The number of pyridine rings is 1. The number of hydrogen-bond donors (Lipinski definition) is 3. The molecule has 1 aromatic heterocycles. The molecule has 9 heteroatoms. The molecular weight excluding hydrogens is 432 g/mol. The predicted molar refractivity (Wildman–Crippen MR) is 119 cm³/mol. The summed E-state index contributed by atoms with van der Waals surface area (Å²) in [5.74, 6) is -2.19. The average Bonchev–Trinajstić information content (AvgIpc) is 2.78. The zero-order valence-corrected chi connectivity index (χ0v) is 18.3. The van der Waals surface area contributed by atoms with E-state index in [1.807, 2.05) is 0 Å². The first-order valence-corrected chi connectivity index (χ1v) is 10.3. The van der Waals surface area contributed by atoms with Gasteiger partial charge in [-0.3, -0.25) is 9.78 Å². The fourth-order valence-corrected chi connectivity index (χ4v) is 4.11. The number of hydrogen-bond acceptors (Lipinski definition) is 7. The quantitative estimate of drug-likeness (QED) is 0.521. The fourth-order valence-electron chi connectivity index (χ4n) is 3.85. The molecular formula is C23H21ClN4O4. The Labute approximate surface area is 189 Å². The van der Waals surface area contributed by atoms with E-state index in [1.54, 1.807) is 23.1 Å². The monoisotopic (exact) mass is 452 g/mol. The van der Waals surface area contributed by atoms with E-state index >= 15 is 0 Å². The zero-order chi connectivity index (χ0) is 23.0. The lowest BCUT2D eigenvalue weighted by Crippen LogP contribution is -2.38. The number of carbonyl (C=O) groups excluding carboxylic acids is 1. The number of amides is 1. The van der Waals surface area contributed by atoms with Gasteiger partial charge in [-0.05, 0) is 36.4 Å². The van der Waals surface area contributed by atoms with Gasteiger partial charge in [0.15, 0.2) is 0 Å². The van der Waals surface area contributed by atoms with Crippen molar-refractivity contribution in [1.82, 2.24) is 9.88 Å². The van der Waals surface area contributed by atoms with Gasteiger partial charge in [-0.1, -0.05) is 11.6 Å². The number of rotatable bonds is 4. The Morgan fingerprint density at radius 1 is 1.31 bits per heavy atom. The first-order chi connectivity index (χ1) is 15.2. The van der Waals surface area contributed by atoms with Gasteiger partial charge >= 0.3 is 0 Å². The molecule has 32 heavy (non-hydrogen) atoms. The Bertz CT molecular complexity index is 1270. The number of fused-ring (bicyclic) bond motifs is 2. The molecule has 0 bridgehead atoms. The molecule has 3 aromatic rings. The molecule has 1 aliphatic heterocycles. The number of aromatic nitrogens is 1. The van der Waals surface area contributed by atoms with Crippen molar-refractivity contribution in [3.8, 4) is 11.8 Å². The molecule has 2 heterocycles. The molecule has 0 radical (unpaired) electrons. The number of nitriles is 1. The van der Waals surface area contributed by atoms with Crippen molar-refractivity contribution in [1.29, 1.82) is 5.26 Å². The molecule has 0 spiro atoms. The topological polar surface area (TPSA) is 119 Å². The summed E-state index contributed by atoms with van der Waals surface area (Å²) >= 11 is 6.18. The van der Waals surface area contributed by atoms with Crippen LogP contribution < -0.4 is 10.1 Å². The van der Waals surface area contributed by atoms with Crippen LogP contribution in [0.1, 0.15) is 29.3 Å². The lowest BCUT2D eigenvalue weighted by Gasteiger charge is -2.32. The number of halogens is 1. The van der Waals surface area contributed by atoms with Gasteiger partial charge in [-0.2, -0.15) is 5.26 Å². The number of benzene rings is 2. The van der Waals surface area contributed by atoms with Gasteiger partial charge in [-0.25, -0.2) is 0 Å². The van der Waals surface area contributed by atoms with Gasteiger partial charge in [-0.15, -0.1) is 0 Å². The lowest BCUT2D eigenvalue weighted by atomic mass is 9.98. The number of ether oxygens (including phenoxy) is 1. The van der Waals surface area contributed by atoms with Crippen LogP contribution in [0.4, 0.5) is 5.69 Å². The van der Waals surface area contributed by atoms with E-state index in [0.29, 0.717) is 46.4 Å². The van der Waals surface area contributed by atoms with Crippen molar-refractivity contribution < 1.29 is 19.7 Å². The highest BCUT2D eigenvalue weighted by atomic mass is 35.5. The van der Waals surface area contributed by atoms with E-state index in [4.69, 9.17) is 21.3 Å². The Hall–Kier alpha value is -3.38. The second-order valence-corrected chi connectivity index (χ2v) is 8.00. The molecule has 1 amide bonds. The SMILES string of the molecule is COc1ccc(C(O)(O)Nc2c3c(nc4ccc(C#N)cc24)CCN(C(C)=O)C3)cc1Cl. The minimum Gasteiger partial charge on any atom is -0.495 e. The molecule has 0 aliphatic carbocycles. The Morgan fingerprint density at radius 2 is 2.09 bits per heavy atom. The molecule has 2 aromatic carbocycles. The minimum absolute atomic E-state index is 0.0892. The van der Waals surface area contributed by atoms with Crippen molar-refractivity contribution in [3.63, 3.8) is 0 Å². The highest BCUT2D eigenvalue weighted by molar-refractivity contribution is 6.32. The molecule has 8 nitrogen and oxygen atoms in total. The van der Waals surface area contributed by atoms with E-state index in [9.17, 15) is 20.3 Å². The van der Waals surface area contributed by atoms with Gasteiger partial charge in [0.2, 0.25) is 5.91 Å². The van der Waals surface area contributed by atoms with Gasteiger partial charge in [0.1, 0.15) is 5.75 Å². The molecule has 1 aliphatic rings. The third-order valence-corrected chi connectivity index (χ3v) is 5.86. The van der Waals surface area contributed by atoms with Crippen LogP contribution in [-0.2, 0) is 23.7 Å². The van der Waals surface area contributed by atoms with Crippen molar-refractivity contribution in [2.45, 2.75) is 25.8 Å². The summed E-state index contributed by atoms with van der Waals surface area (Å²) in [7, 11) is 1.47. The largest absolute Gasteiger partial charge is 0.495 e. The zero-order valence-electron chi connectivity index (χ0n) is 17.5. The standard InChI is InChI=1S/C23H21ClN4O4/c1-13(29)28-8-7-20-17(12-28)22(16-9-14(11-25)3-5-19(16)26-20)27-23(30,31)15-4-6-21(32-2)18(24)10-15/h3-6,9-10,30-31H,7-8,12H2,1-2H3,(H,26,27). The summed E-state index contributed by atoms with van der Waals surface area (Å²) in [6.07, 6.45) is 0.526. The molecule has 164 valence electrons. The maximum Gasteiger partial charge on any atom is 0.272 e. The average molecular weight is 453 g/mol. The Kier molecular flexibility index (Phi) is 5.65. The third-order valence-electron chi connectivity index (χ3n) is 5.57. The summed E-state index contributed by atoms with van der Waals surface area (Å²) in [4.78, 5) is 18.4. The molecule has 0 saturated heterocycles. The smallest absolute Gasteiger partial charge is 0.272 e. The van der Waals surface area contributed by atoms with Crippen LogP contribution >= 0.6 is 11.6 Å². The summed E-state index contributed by atoms with van der Waals surface area (Å²) in [6, 6.07) is 11.5. The van der Waals surface area contributed by atoms with Gasteiger partial charge in [0.25, 0.3) is 5.91 Å². The van der Waals surface area contributed by atoms with Crippen LogP contribution in [0.2, 0.25) is 5.02 Å². The van der Waals surface area contributed by atoms with E-state index in [0.717, 1.165) is 5.69 Å². The van der Waals surface area contributed by atoms with E-state index < -0.39 is 5.91 Å². The van der Waals surface area contributed by atoms with Gasteiger partial charge in [0, 0.05) is 48.6 Å². The highest BCUT2D eigenvalue weighted by Gasteiger charge is 2.31. The first-order valence-electron chi connectivity index (χ1n) is 9.91. The number of aliphatic hydroxyl groups is 2. The number of methoxy groups -OCH3 is 1. The Balaban J connectivity index is 1.87. The van der Waals surface area contributed by atoms with Crippen molar-refractivity contribution in [2.24, 2.45) is 0 Å². The number of nitrogens with zero attached hydrogens (tertiary/aromatic N) is 3. The normalized spacial score (nSPS) is 13.4. The molecule has 3 N–H and O–H groups in total. The van der Waals surface area contributed by atoms with Crippen molar-refractivity contribution >= 4 is 34.1 Å². The number of nitrogens with one attached hydrogen (secondary N) is 1.